The number of likely N-dealkylation sites (N-methyl/N-ethyl adjacent to an activating group) is 1. The molecule has 1 fully saturated rings. The van der Waals surface area contributed by atoms with Gasteiger partial charge in [-0.1, -0.05) is 29.8 Å². The van der Waals surface area contributed by atoms with Crippen molar-refractivity contribution in [3.05, 3.63) is 59.1 Å². The summed E-state index contributed by atoms with van der Waals surface area (Å²) in [5, 5.41) is 0.404. The molecule has 0 radical (unpaired) electrons. The number of ether oxygens (including phenoxy) is 2. The van der Waals surface area contributed by atoms with Gasteiger partial charge in [-0.15, -0.1) is 0 Å². The molecule has 1 saturated heterocycles. The highest BCUT2D eigenvalue weighted by molar-refractivity contribution is 6.32. The number of carbonyl (C=O) groups is 2. The van der Waals surface area contributed by atoms with E-state index in [1.165, 1.54) is 18.1 Å². The molecule has 0 aromatic heterocycles. The molecule has 0 N–H and O–H groups in total. The summed E-state index contributed by atoms with van der Waals surface area (Å²) in [5.41, 5.74) is 1.54. The van der Waals surface area contributed by atoms with Crippen LogP contribution >= 0.6 is 11.6 Å². The number of rotatable bonds is 7. The van der Waals surface area contributed by atoms with Gasteiger partial charge in [0.25, 0.3) is 0 Å². The summed E-state index contributed by atoms with van der Waals surface area (Å²) in [5.74, 6) is 0.637. The van der Waals surface area contributed by atoms with E-state index in [1.54, 1.807) is 30.2 Å². The van der Waals surface area contributed by atoms with Gasteiger partial charge in [-0.05, 0) is 49.2 Å². The summed E-state index contributed by atoms with van der Waals surface area (Å²) in [7, 11) is 3.18. The van der Waals surface area contributed by atoms with Gasteiger partial charge in [0.2, 0.25) is 11.8 Å². The minimum atomic E-state index is -0.485. The molecule has 1 unspecified atom stereocenters. The Morgan fingerprint density at radius 2 is 2.03 bits per heavy atom. The maximum atomic E-state index is 12.8. The molecule has 0 bridgehead atoms. The van der Waals surface area contributed by atoms with Gasteiger partial charge in [0.1, 0.15) is 6.04 Å². The van der Waals surface area contributed by atoms with E-state index in [0.29, 0.717) is 41.7 Å². The number of benzene rings is 2. The number of methoxy groups -OCH3 is 1. The molecule has 0 spiro atoms. The normalized spacial score (nSPS) is 16.2. The summed E-state index contributed by atoms with van der Waals surface area (Å²) in [6.45, 7) is 2.91. The van der Waals surface area contributed by atoms with Crippen LogP contribution in [0.2, 0.25) is 5.02 Å². The lowest BCUT2D eigenvalue weighted by molar-refractivity contribution is -0.132. The molecule has 2 aromatic rings. The quantitative estimate of drug-likeness (QED) is 0.625. The zero-order chi connectivity index (χ0) is 21.7. The Kier molecular flexibility index (Phi) is 7.00. The van der Waals surface area contributed by atoms with Gasteiger partial charge in [-0.2, -0.15) is 0 Å². The second-order valence-corrected chi connectivity index (χ2v) is 7.29. The third-order valence-electron chi connectivity index (χ3n) is 5.02. The Balaban J connectivity index is 1.71. The topological polar surface area (TPSA) is 59.1 Å². The largest absolute Gasteiger partial charge is 0.493 e. The van der Waals surface area contributed by atoms with Crippen LogP contribution in [0.1, 0.15) is 18.9 Å². The molecule has 0 saturated carbocycles. The number of amides is 2. The van der Waals surface area contributed by atoms with Gasteiger partial charge in [0.15, 0.2) is 11.5 Å². The summed E-state index contributed by atoms with van der Waals surface area (Å²) < 4.78 is 10.8. The van der Waals surface area contributed by atoms with Gasteiger partial charge in [-0.25, -0.2) is 0 Å². The van der Waals surface area contributed by atoms with Crippen molar-refractivity contribution in [2.75, 3.05) is 32.2 Å². The van der Waals surface area contributed by atoms with Gasteiger partial charge in [0.05, 0.1) is 18.7 Å². The highest BCUT2D eigenvalue weighted by atomic mass is 35.5. The lowest BCUT2D eigenvalue weighted by Crippen LogP contribution is -2.42. The monoisotopic (exact) mass is 428 g/mol. The summed E-state index contributed by atoms with van der Waals surface area (Å²) in [4.78, 5) is 28.7. The lowest BCUT2D eigenvalue weighted by Gasteiger charge is -2.23. The SMILES string of the molecule is CCOc1c(Cl)cc(/C=C/C(=O)N(C)C2CCN(c3ccccc3)C2=O)cc1OC. The molecular weight excluding hydrogens is 404 g/mol. The minimum absolute atomic E-state index is 0.0729. The summed E-state index contributed by atoms with van der Waals surface area (Å²) >= 11 is 6.28. The van der Waals surface area contributed by atoms with Crippen LogP contribution in [-0.4, -0.2) is 50.1 Å². The molecule has 1 heterocycles. The molecule has 1 atom stereocenters. The van der Waals surface area contributed by atoms with E-state index in [4.69, 9.17) is 21.1 Å². The molecule has 158 valence electrons. The number of anilines is 1. The zero-order valence-electron chi connectivity index (χ0n) is 17.3. The fourth-order valence-corrected chi connectivity index (χ4v) is 3.72. The first-order valence-electron chi connectivity index (χ1n) is 9.77. The molecule has 30 heavy (non-hydrogen) atoms. The molecule has 1 aliphatic heterocycles. The first-order valence-corrected chi connectivity index (χ1v) is 10.2. The van der Waals surface area contributed by atoms with Crippen molar-refractivity contribution in [1.29, 1.82) is 0 Å². The van der Waals surface area contributed by atoms with Crippen molar-refractivity contribution in [3.63, 3.8) is 0 Å². The smallest absolute Gasteiger partial charge is 0.249 e. The number of carbonyl (C=O) groups excluding carboxylic acids is 2. The van der Waals surface area contributed by atoms with Crippen LogP contribution in [0.4, 0.5) is 5.69 Å². The van der Waals surface area contributed by atoms with Crippen LogP contribution < -0.4 is 14.4 Å². The van der Waals surface area contributed by atoms with Crippen LogP contribution in [-0.2, 0) is 9.59 Å². The number of halogens is 1. The van der Waals surface area contributed by atoms with Gasteiger partial charge in [0, 0.05) is 25.4 Å². The van der Waals surface area contributed by atoms with E-state index in [-0.39, 0.29) is 11.8 Å². The molecule has 2 amide bonds. The Morgan fingerprint density at radius 1 is 1.30 bits per heavy atom. The summed E-state index contributed by atoms with van der Waals surface area (Å²) in [6, 6.07) is 12.4. The lowest BCUT2D eigenvalue weighted by atomic mass is 10.1. The fourth-order valence-electron chi connectivity index (χ4n) is 3.45. The van der Waals surface area contributed by atoms with Crippen LogP contribution in [0, 0.1) is 0 Å². The van der Waals surface area contributed by atoms with E-state index in [0.717, 1.165) is 5.69 Å². The number of para-hydroxylation sites is 1. The van der Waals surface area contributed by atoms with Crippen LogP contribution in [0.25, 0.3) is 6.08 Å². The molecule has 2 aromatic carbocycles. The first-order chi connectivity index (χ1) is 14.5. The Hall–Kier alpha value is -2.99. The van der Waals surface area contributed by atoms with E-state index < -0.39 is 6.04 Å². The zero-order valence-corrected chi connectivity index (χ0v) is 18.1. The summed E-state index contributed by atoms with van der Waals surface area (Å²) in [6.07, 6.45) is 3.67. The van der Waals surface area contributed by atoms with Crippen molar-refractivity contribution >= 4 is 35.2 Å². The molecule has 6 nitrogen and oxygen atoms in total. The van der Waals surface area contributed by atoms with E-state index in [2.05, 4.69) is 0 Å². The molecule has 7 heteroatoms. The van der Waals surface area contributed by atoms with Crippen molar-refractivity contribution in [1.82, 2.24) is 4.90 Å². The second kappa shape index (κ2) is 9.67. The van der Waals surface area contributed by atoms with Crippen molar-refractivity contribution in [2.24, 2.45) is 0 Å². The first kappa shape index (κ1) is 21.7. The van der Waals surface area contributed by atoms with Crippen LogP contribution in [0.15, 0.2) is 48.5 Å². The third-order valence-corrected chi connectivity index (χ3v) is 5.30. The Bertz CT molecular complexity index is 946. The number of hydrogen-bond acceptors (Lipinski definition) is 4. The number of hydrogen-bond donors (Lipinski definition) is 0. The molecule has 3 rings (SSSR count). The molecular formula is C23H25ClN2O4. The maximum absolute atomic E-state index is 12.8. The Labute approximate surface area is 181 Å². The minimum Gasteiger partial charge on any atom is -0.493 e. The van der Waals surface area contributed by atoms with Crippen molar-refractivity contribution in [2.45, 2.75) is 19.4 Å². The van der Waals surface area contributed by atoms with E-state index >= 15 is 0 Å². The van der Waals surface area contributed by atoms with E-state index in [1.807, 2.05) is 37.3 Å². The average molecular weight is 429 g/mol. The average Bonchev–Trinajstić information content (AvgIpc) is 3.14. The standard InChI is InChI=1S/C23H25ClN2O4/c1-4-30-22-18(24)14-16(15-20(22)29-3)10-11-21(27)25(2)19-12-13-26(23(19)28)17-8-6-5-7-9-17/h5-11,14-15,19H,4,12-13H2,1-3H3/b11-10+. The molecule has 1 aliphatic rings. The highest BCUT2D eigenvalue weighted by Crippen LogP contribution is 2.36. The highest BCUT2D eigenvalue weighted by Gasteiger charge is 2.36. The van der Waals surface area contributed by atoms with Crippen molar-refractivity contribution in [3.8, 4) is 11.5 Å². The van der Waals surface area contributed by atoms with Crippen LogP contribution in [0.3, 0.4) is 0 Å². The number of nitrogens with zero attached hydrogens (tertiary/aromatic N) is 2. The van der Waals surface area contributed by atoms with Gasteiger partial charge < -0.3 is 19.3 Å². The predicted octanol–water partition coefficient (Wildman–Crippen LogP) is 4.02. The maximum Gasteiger partial charge on any atom is 0.249 e. The van der Waals surface area contributed by atoms with Crippen LogP contribution in [0.5, 0.6) is 11.5 Å². The Morgan fingerprint density at radius 3 is 2.70 bits per heavy atom. The van der Waals surface area contributed by atoms with E-state index in [9.17, 15) is 9.59 Å². The second-order valence-electron chi connectivity index (χ2n) is 6.88. The fraction of sp³-hybridized carbons (Fsp3) is 0.304. The van der Waals surface area contributed by atoms with Crippen molar-refractivity contribution < 1.29 is 19.1 Å². The molecule has 0 aliphatic carbocycles. The van der Waals surface area contributed by atoms with Gasteiger partial charge in [-0.3, -0.25) is 9.59 Å². The third kappa shape index (κ3) is 4.60. The van der Waals surface area contributed by atoms with Gasteiger partial charge >= 0.3 is 0 Å². The predicted molar refractivity (Wildman–Crippen MR) is 118 cm³/mol.